The maximum atomic E-state index is 3.79. The summed E-state index contributed by atoms with van der Waals surface area (Å²) in [6, 6.07) is 0.810. The molecule has 1 unspecified atom stereocenters. The molecule has 1 rings (SSSR count). The van der Waals surface area contributed by atoms with Crippen molar-refractivity contribution in [2.45, 2.75) is 103 Å². The summed E-state index contributed by atoms with van der Waals surface area (Å²) in [5, 5.41) is 3.79. The first kappa shape index (κ1) is 17.0. The van der Waals surface area contributed by atoms with Gasteiger partial charge in [-0.25, -0.2) is 0 Å². The molecule has 1 saturated carbocycles. The summed E-state index contributed by atoms with van der Waals surface area (Å²) in [6.07, 6.45) is 18.9. The minimum absolute atomic E-state index is 0.810. The van der Waals surface area contributed by atoms with E-state index in [0.717, 1.165) is 18.5 Å². The normalized spacial score (nSPS) is 19.9. The van der Waals surface area contributed by atoms with Crippen molar-refractivity contribution in [3.63, 3.8) is 0 Å². The van der Waals surface area contributed by atoms with Crippen LogP contribution in [0.5, 0.6) is 0 Å². The smallest absolute Gasteiger partial charge is 0.00952 e. The fourth-order valence-corrected chi connectivity index (χ4v) is 3.62. The Bertz CT molecular complexity index is 182. The minimum atomic E-state index is 0.810. The molecule has 0 aliphatic heterocycles. The van der Waals surface area contributed by atoms with Crippen molar-refractivity contribution >= 4 is 0 Å². The van der Waals surface area contributed by atoms with E-state index in [1.807, 2.05) is 0 Å². The van der Waals surface area contributed by atoms with Crippen LogP contribution in [0.25, 0.3) is 0 Å². The average molecular weight is 268 g/mol. The lowest BCUT2D eigenvalue weighted by Crippen LogP contribution is -2.36. The van der Waals surface area contributed by atoms with Gasteiger partial charge in [0, 0.05) is 6.04 Å². The number of nitrogens with one attached hydrogen (secondary N) is 1. The van der Waals surface area contributed by atoms with Gasteiger partial charge >= 0.3 is 0 Å². The summed E-state index contributed by atoms with van der Waals surface area (Å²) in [6.45, 7) is 5.72. The van der Waals surface area contributed by atoms with Crippen molar-refractivity contribution in [3.05, 3.63) is 0 Å². The van der Waals surface area contributed by atoms with Gasteiger partial charge in [0.1, 0.15) is 0 Å². The first-order chi connectivity index (χ1) is 9.38. The third-order valence-electron chi connectivity index (χ3n) is 4.80. The number of rotatable bonds is 9. The van der Waals surface area contributed by atoms with Crippen LogP contribution in [0.15, 0.2) is 0 Å². The molecule has 1 nitrogen and oxygen atoms in total. The monoisotopic (exact) mass is 267 g/mol. The third-order valence-corrected chi connectivity index (χ3v) is 4.80. The second-order valence-electron chi connectivity index (χ2n) is 6.47. The number of hydrogen-bond donors (Lipinski definition) is 1. The van der Waals surface area contributed by atoms with E-state index in [1.54, 1.807) is 0 Å². The van der Waals surface area contributed by atoms with Crippen molar-refractivity contribution in [3.8, 4) is 0 Å². The quantitative estimate of drug-likeness (QED) is 0.529. The van der Waals surface area contributed by atoms with Crippen LogP contribution >= 0.6 is 0 Å². The Morgan fingerprint density at radius 1 is 0.842 bits per heavy atom. The van der Waals surface area contributed by atoms with E-state index in [9.17, 15) is 0 Å². The Hall–Kier alpha value is -0.0400. The van der Waals surface area contributed by atoms with Crippen LogP contribution in [0.4, 0.5) is 0 Å². The molecule has 0 aromatic carbocycles. The van der Waals surface area contributed by atoms with Gasteiger partial charge in [0.2, 0.25) is 0 Å². The zero-order valence-electron chi connectivity index (χ0n) is 13.6. The summed E-state index contributed by atoms with van der Waals surface area (Å²) in [5.41, 5.74) is 0. The van der Waals surface area contributed by atoms with Crippen molar-refractivity contribution in [2.24, 2.45) is 5.92 Å². The van der Waals surface area contributed by atoms with Crippen LogP contribution in [0, 0.1) is 5.92 Å². The molecule has 0 aromatic rings. The molecule has 0 spiro atoms. The van der Waals surface area contributed by atoms with Gasteiger partial charge in [-0.15, -0.1) is 0 Å². The lowest BCUT2D eigenvalue weighted by atomic mass is 9.83. The molecule has 1 atom stereocenters. The number of unbranched alkanes of at least 4 members (excludes halogenated alkanes) is 4. The Kier molecular flexibility index (Phi) is 10.5. The van der Waals surface area contributed by atoms with Crippen molar-refractivity contribution < 1.29 is 0 Å². The Morgan fingerprint density at radius 3 is 2.11 bits per heavy atom. The zero-order chi connectivity index (χ0) is 13.8. The molecule has 0 radical (unpaired) electrons. The predicted octanol–water partition coefficient (Wildman–Crippen LogP) is 5.69. The highest BCUT2D eigenvalue weighted by Gasteiger charge is 2.20. The topological polar surface area (TPSA) is 12.0 Å². The van der Waals surface area contributed by atoms with Gasteiger partial charge in [0.15, 0.2) is 0 Å². The van der Waals surface area contributed by atoms with E-state index in [2.05, 4.69) is 19.2 Å². The van der Waals surface area contributed by atoms with Crippen molar-refractivity contribution in [2.75, 3.05) is 6.54 Å². The molecule has 0 aromatic heterocycles. The summed E-state index contributed by atoms with van der Waals surface area (Å²) in [7, 11) is 0. The first-order valence-corrected chi connectivity index (χ1v) is 9.11. The van der Waals surface area contributed by atoms with Gasteiger partial charge in [0.05, 0.1) is 0 Å². The van der Waals surface area contributed by atoms with Crippen molar-refractivity contribution in [1.82, 2.24) is 5.32 Å². The second-order valence-corrected chi connectivity index (χ2v) is 6.47. The second kappa shape index (κ2) is 11.8. The maximum absolute atomic E-state index is 3.79. The molecule has 0 heterocycles. The molecule has 1 N–H and O–H groups in total. The Morgan fingerprint density at radius 2 is 1.47 bits per heavy atom. The first-order valence-electron chi connectivity index (χ1n) is 9.11. The molecular weight excluding hydrogens is 230 g/mol. The van der Waals surface area contributed by atoms with Gasteiger partial charge < -0.3 is 5.32 Å². The van der Waals surface area contributed by atoms with Gasteiger partial charge in [-0.05, 0) is 31.7 Å². The van der Waals surface area contributed by atoms with Crippen LogP contribution in [0.3, 0.4) is 0 Å². The molecule has 1 aliphatic rings. The number of hydrogen-bond acceptors (Lipinski definition) is 1. The van der Waals surface area contributed by atoms with Gasteiger partial charge in [-0.2, -0.15) is 0 Å². The van der Waals surface area contributed by atoms with Gasteiger partial charge in [-0.1, -0.05) is 78.1 Å². The summed E-state index contributed by atoms with van der Waals surface area (Å²) >= 11 is 0. The van der Waals surface area contributed by atoms with Crippen LogP contribution in [0.2, 0.25) is 0 Å². The van der Waals surface area contributed by atoms with Gasteiger partial charge in [-0.3, -0.25) is 0 Å². The molecule has 0 bridgehead atoms. The van der Waals surface area contributed by atoms with E-state index in [0.29, 0.717) is 0 Å². The predicted molar refractivity (Wildman–Crippen MR) is 86.6 cm³/mol. The molecule has 0 saturated heterocycles. The van der Waals surface area contributed by atoms with Crippen LogP contribution in [-0.2, 0) is 0 Å². The SMILES string of the molecule is CCCCCCCC(NCC)C1CCCCCCC1. The highest BCUT2D eigenvalue weighted by molar-refractivity contribution is 4.77. The zero-order valence-corrected chi connectivity index (χ0v) is 13.6. The molecule has 114 valence electrons. The fourth-order valence-electron chi connectivity index (χ4n) is 3.62. The standard InChI is InChI=1S/C18H37N/c1-3-5-6-8-13-16-18(19-4-2)17-14-11-9-7-10-12-15-17/h17-19H,3-16H2,1-2H3. The Labute approximate surface area is 121 Å². The van der Waals surface area contributed by atoms with E-state index >= 15 is 0 Å². The lowest BCUT2D eigenvalue weighted by molar-refractivity contribution is 0.271. The molecule has 1 fully saturated rings. The molecule has 1 heteroatoms. The molecule has 19 heavy (non-hydrogen) atoms. The lowest BCUT2D eigenvalue weighted by Gasteiger charge is -2.29. The molecule has 1 aliphatic carbocycles. The van der Waals surface area contributed by atoms with E-state index in [4.69, 9.17) is 0 Å². The van der Waals surface area contributed by atoms with Gasteiger partial charge in [0.25, 0.3) is 0 Å². The molecule has 0 amide bonds. The van der Waals surface area contributed by atoms with E-state index in [1.165, 1.54) is 83.5 Å². The van der Waals surface area contributed by atoms with Crippen LogP contribution in [0.1, 0.15) is 97.3 Å². The summed E-state index contributed by atoms with van der Waals surface area (Å²) in [5.74, 6) is 0.964. The van der Waals surface area contributed by atoms with E-state index < -0.39 is 0 Å². The highest BCUT2D eigenvalue weighted by Crippen LogP contribution is 2.27. The summed E-state index contributed by atoms with van der Waals surface area (Å²) < 4.78 is 0. The molecular formula is C18H37N. The average Bonchev–Trinajstić information content (AvgIpc) is 2.37. The highest BCUT2D eigenvalue weighted by atomic mass is 14.9. The summed E-state index contributed by atoms with van der Waals surface area (Å²) in [4.78, 5) is 0. The fraction of sp³-hybridized carbons (Fsp3) is 1.00. The van der Waals surface area contributed by atoms with E-state index in [-0.39, 0.29) is 0 Å². The third kappa shape index (κ3) is 7.97. The maximum Gasteiger partial charge on any atom is 0.00952 e. The van der Waals surface area contributed by atoms with Crippen LogP contribution < -0.4 is 5.32 Å². The van der Waals surface area contributed by atoms with Crippen LogP contribution in [-0.4, -0.2) is 12.6 Å². The largest absolute Gasteiger partial charge is 0.314 e. The van der Waals surface area contributed by atoms with Crippen molar-refractivity contribution in [1.29, 1.82) is 0 Å². The minimum Gasteiger partial charge on any atom is -0.314 e. The Balaban J connectivity index is 2.27.